The van der Waals surface area contributed by atoms with Crippen molar-refractivity contribution in [2.75, 3.05) is 13.7 Å². The minimum absolute atomic E-state index is 0.0312. The summed E-state index contributed by atoms with van der Waals surface area (Å²) in [4.78, 5) is 34.0. The summed E-state index contributed by atoms with van der Waals surface area (Å²) < 4.78 is 19.4. The molecule has 0 saturated heterocycles. The number of rotatable bonds is 3. The molecule has 0 N–H and O–H groups in total. The lowest BCUT2D eigenvalue weighted by molar-refractivity contribution is 0.0515. The number of hydrogen-bond acceptors (Lipinski definition) is 6. The number of imidazole rings is 1. The van der Waals surface area contributed by atoms with E-state index in [4.69, 9.17) is 4.74 Å². The van der Waals surface area contributed by atoms with Crippen molar-refractivity contribution < 1.29 is 18.2 Å². The Morgan fingerprint density at radius 2 is 2.26 bits per heavy atom. The normalized spacial score (nSPS) is 13.3. The van der Waals surface area contributed by atoms with Gasteiger partial charge in [0.25, 0.3) is 5.91 Å². The quantitative estimate of drug-likeness (QED) is 0.798. The Morgan fingerprint density at radius 3 is 2.96 bits per heavy atom. The van der Waals surface area contributed by atoms with E-state index in [2.05, 4.69) is 9.97 Å². The highest BCUT2D eigenvalue weighted by atomic mass is 32.2. The molecule has 0 radical (unpaired) electrons. The number of hydrogen-bond donors (Lipinski definition) is 0. The zero-order chi connectivity index (χ0) is 16.6. The SMILES string of the molecule is CCOC(=O)c1ncn2c1CN(C)C(=O)c1nc(SF)ccc1-2. The highest BCUT2D eigenvalue weighted by Gasteiger charge is 2.30. The van der Waals surface area contributed by atoms with Gasteiger partial charge in [-0.2, -0.15) is 3.89 Å². The molecule has 23 heavy (non-hydrogen) atoms. The fourth-order valence-corrected chi connectivity index (χ4v) is 2.65. The predicted octanol–water partition coefficient (Wildman–Crippen LogP) is 2.01. The maximum Gasteiger partial charge on any atom is 0.358 e. The summed E-state index contributed by atoms with van der Waals surface area (Å²) in [5, 5.41) is 0.0969. The van der Waals surface area contributed by atoms with Gasteiger partial charge in [0, 0.05) is 7.05 Å². The van der Waals surface area contributed by atoms with E-state index in [0.717, 1.165) is 0 Å². The first-order valence-electron chi connectivity index (χ1n) is 6.85. The van der Waals surface area contributed by atoms with Crippen LogP contribution in [0, 0.1) is 0 Å². The highest BCUT2D eigenvalue weighted by Crippen LogP contribution is 2.27. The second-order valence-electron chi connectivity index (χ2n) is 4.89. The summed E-state index contributed by atoms with van der Waals surface area (Å²) in [6.07, 6.45) is 1.44. The molecule has 0 aromatic carbocycles. The smallest absolute Gasteiger partial charge is 0.358 e. The predicted molar refractivity (Wildman–Crippen MR) is 80.1 cm³/mol. The third-order valence-corrected chi connectivity index (χ3v) is 3.84. The Hall–Kier alpha value is -2.42. The summed E-state index contributed by atoms with van der Waals surface area (Å²) in [6, 6.07) is 3.05. The third-order valence-electron chi connectivity index (χ3n) is 3.46. The Morgan fingerprint density at radius 1 is 1.48 bits per heavy atom. The maximum atomic E-state index is 12.8. The van der Waals surface area contributed by atoms with Gasteiger partial charge in [-0.25, -0.2) is 14.8 Å². The van der Waals surface area contributed by atoms with Crippen LogP contribution in [0.1, 0.15) is 33.6 Å². The van der Waals surface area contributed by atoms with Gasteiger partial charge in [-0.3, -0.25) is 9.36 Å². The van der Waals surface area contributed by atoms with Crippen LogP contribution in [0.5, 0.6) is 0 Å². The monoisotopic (exact) mass is 336 g/mol. The summed E-state index contributed by atoms with van der Waals surface area (Å²) in [5.74, 6) is -0.899. The number of carbonyl (C=O) groups is 2. The van der Waals surface area contributed by atoms with Crippen LogP contribution >= 0.6 is 12.1 Å². The number of pyridine rings is 1. The van der Waals surface area contributed by atoms with Gasteiger partial charge in [0.2, 0.25) is 0 Å². The van der Waals surface area contributed by atoms with Gasteiger partial charge in [-0.1, -0.05) is 0 Å². The summed E-state index contributed by atoms with van der Waals surface area (Å²) in [7, 11) is 1.58. The molecule has 2 aromatic rings. The van der Waals surface area contributed by atoms with Gasteiger partial charge in [-0.15, -0.1) is 0 Å². The van der Waals surface area contributed by atoms with E-state index in [1.807, 2.05) is 0 Å². The van der Waals surface area contributed by atoms with Crippen LogP contribution in [0.4, 0.5) is 3.89 Å². The van der Waals surface area contributed by atoms with Gasteiger partial charge >= 0.3 is 5.97 Å². The van der Waals surface area contributed by atoms with E-state index in [1.165, 1.54) is 17.3 Å². The van der Waals surface area contributed by atoms with Crippen LogP contribution in [0.2, 0.25) is 0 Å². The Kier molecular flexibility index (Phi) is 4.03. The maximum absolute atomic E-state index is 12.8. The van der Waals surface area contributed by atoms with Crippen LogP contribution in [0.3, 0.4) is 0 Å². The van der Waals surface area contributed by atoms with Crippen molar-refractivity contribution >= 4 is 24.0 Å². The topological polar surface area (TPSA) is 77.3 Å². The van der Waals surface area contributed by atoms with Crippen molar-refractivity contribution in [3.8, 4) is 5.69 Å². The third kappa shape index (κ3) is 2.56. The lowest BCUT2D eigenvalue weighted by atomic mass is 10.2. The number of halogens is 1. The number of nitrogens with zero attached hydrogens (tertiary/aromatic N) is 4. The molecule has 1 amide bonds. The van der Waals surface area contributed by atoms with Gasteiger partial charge in [-0.05, 0) is 19.1 Å². The fraction of sp³-hybridized carbons (Fsp3) is 0.286. The minimum atomic E-state index is -0.547. The molecule has 0 saturated carbocycles. The van der Waals surface area contributed by atoms with Crippen LogP contribution in [-0.2, 0) is 11.3 Å². The van der Waals surface area contributed by atoms with E-state index in [1.54, 1.807) is 24.6 Å². The van der Waals surface area contributed by atoms with Gasteiger partial charge in [0.05, 0.1) is 24.5 Å². The first-order chi connectivity index (χ1) is 11.1. The van der Waals surface area contributed by atoms with Crippen molar-refractivity contribution in [2.24, 2.45) is 0 Å². The molecule has 0 aliphatic carbocycles. The zero-order valence-corrected chi connectivity index (χ0v) is 13.3. The molecule has 3 rings (SSSR count). The number of ether oxygens (including phenoxy) is 1. The van der Waals surface area contributed by atoms with Gasteiger partial charge < -0.3 is 9.64 Å². The Labute approximate surface area is 135 Å². The first kappa shape index (κ1) is 15.5. The second kappa shape index (κ2) is 5.99. The molecule has 120 valence electrons. The molecule has 0 atom stereocenters. The van der Waals surface area contributed by atoms with E-state index < -0.39 is 5.97 Å². The molecule has 1 aliphatic heterocycles. The Bertz CT molecular complexity index is 792. The molecule has 2 aromatic heterocycles. The van der Waals surface area contributed by atoms with Crippen LogP contribution in [-0.4, -0.2) is 45.0 Å². The molecule has 7 nitrogen and oxygen atoms in total. The molecule has 0 spiro atoms. The second-order valence-corrected chi connectivity index (χ2v) is 5.46. The molecule has 1 aliphatic rings. The lowest BCUT2D eigenvalue weighted by Gasteiger charge is -2.14. The van der Waals surface area contributed by atoms with Crippen molar-refractivity contribution in [3.05, 3.63) is 35.5 Å². The average molecular weight is 336 g/mol. The van der Waals surface area contributed by atoms with Gasteiger partial charge in [0.1, 0.15) is 23.5 Å². The standard InChI is InChI=1S/C14H13FN4O3S/c1-3-22-14(21)12-9-6-18(2)13(20)11-8(19(9)7-16-12)4-5-10(17-11)23-15/h4-5,7H,3,6H2,1-2H3. The minimum Gasteiger partial charge on any atom is -0.461 e. The van der Waals surface area contributed by atoms with Crippen molar-refractivity contribution in [1.29, 1.82) is 0 Å². The molecular formula is C14H13FN4O3S. The van der Waals surface area contributed by atoms with E-state index in [-0.39, 0.29) is 47.6 Å². The number of amides is 1. The molecule has 0 unspecified atom stereocenters. The van der Waals surface area contributed by atoms with Gasteiger partial charge in [0.15, 0.2) is 11.4 Å². The number of carbonyl (C=O) groups excluding carboxylic acids is 2. The Balaban J connectivity index is 2.18. The van der Waals surface area contributed by atoms with Crippen LogP contribution < -0.4 is 0 Å². The summed E-state index contributed by atoms with van der Waals surface area (Å²) >= 11 is -0.0312. The van der Waals surface area contributed by atoms with E-state index >= 15 is 0 Å². The largest absolute Gasteiger partial charge is 0.461 e. The molecule has 0 fully saturated rings. The van der Waals surface area contributed by atoms with Crippen LogP contribution in [0.25, 0.3) is 5.69 Å². The summed E-state index contributed by atoms with van der Waals surface area (Å²) in [5.41, 5.74) is 1.25. The van der Waals surface area contributed by atoms with Crippen molar-refractivity contribution in [3.63, 3.8) is 0 Å². The molecular weight excluding hydrogens is 323 g/mol. The van der Waals surface area contributed by atoms with E-state index in [0.29, 0.717) is 11.4 Å². The lowest BCUT2D eigenvalue weighted by Crippen LogP contribution is -2.26. The van der Waals surface area contributed by atoms with E-state index in [9.17, 15) is 13.5 Å². The highest BCUT2D eigenvalue weighted by molar-refractivity contribution is 7.94. The van der Waals surface area contributed by atoms with Crippen molar-refractivity contribution in [2.45, 2.75) is 18.5 Å². The van der Waals surface area contributed by atoms with Crippen LogP contribution in [0.15, 0.2) is 23.5 Å². The molecule has 3 heterocycles. The zero-order valence-electron chi connectivity index (χ0n) is 12.4. The molecule has 0 bridgehead atoms. The fourth-order valence-electron chi connectivity index (χ4n) is 2.41. The average Bonchev–Trinajstić information content (AvgIpc) is 2.93. The number of fused-ring (bicyclic) bond motifs is 3. The number of esters is 1. The summed E-state index contributed by atoms with van der Waals surface area (Å²) in [6.45, 7) is 2.11. The van der Waals surface area contributed by atoms with Crippen molar-refractivity contribution in [1.82, 2.24) is 19.4 Å². The molecule has 9 heteroatoms. The number of aromatic nitrogens is 3. The first-order valence-corrected chi connectivity index (χ1v) is 7.57.